The Bertz CT molecular complexity index is 830. The van der Waals surface area contributed by atoms with Gasteiger partial charge in [-0.2, -0.15) is 4.98 Å². The van der Waals surface area contributed by atoms with Gasteiger partial charge in [0, 0.05) is 17.8 Å². The van der Waals surface area contributed by atoms with Gasteiger partial charge in [0.15, 0.2) is 0 Å². The minimum atomic E-state index is -0.401. The zero-order valence-electron chi connectivity index (χ0n) is 14.8. The van der Waals surface area contributed by atoms with E-state index in [9.17, 15) is 9.18 Å². The van der Waals surface area contributed by atoms with E-state index in [-0.39, 0.29) is 24.6 Å². The van der Waals surface area contributed by atoms with Gasteiger partial charge in [-0.25, -0.2) is 14.2 Å². The fraction of sp³-hybridized carbons (Fsp3) is 0.421. The monoisotopic (exact) mass is 355 g/mol. The Labute approximate surface area is 151 Å². The summed E-state index contributed by atoms with van der Waals surface area (Å²) < 4.78 is 14.6. The highest BCUT2D eigenvalue weighted by molar-refractivity contribution is 6.06. The summed E-state index contributed by atoms with van der Waals surface area (Å²) in [5.41, 5.74) is 7.61. The maximum absolute atomic E-state index is 14.6. The molecule has 2 heterocycles. The number of carbonyl (C=O) groups excluding carboxylic acids is 1. The average Bonchev–Trinajstić information content (AvgIpc) is 2.63. The van der Waals surface area contributed by atoms with Crippen molar-refractivity contribution in [3.63, 3.8) is 0 Å². The highest BCUT2D eigenvalue weighted by Gasteiger charge is 2.38. The highest BCUT2D eigenvalue weighted by Crippen LogP contribution is 2.37. The standard InChI is InChI=1S/C19H22FN5O/c1-12-6-5-9-15(20)16(12)24-11-13-10-22-18(21)23-17(13)25(19(24)26)14-7-3-2-4-8-14/h5-6,9-10,14H,2-4,7-8,11H2,1H3,(H2,21,22,23). The summed E-state index contributed by atoms with van der Waals surface area (Å²) in [6.45, 7) is 2.05. The topological polar surface area (TPSA) is 75.4 Å². The predicted molar refractivity (Wildman–Crippen MR) is 98.5 cm³/mol. The van der Waals surface area contributed by atoms with Crippen molar-refractivity contribution in [3.05, 3.63) is 41.3 Å². The molecule has 0 atom stereocenters. The van der Waals surface area contributed by atoms with Gasteiger partial charge in [-0.05, 0) is 31.4 Å². The van der Waals surface area contributed by atoms with Gasteiger partial charge < -0.3 is 5.73 Å². The van der Waals surface area contributed by atoms with E-state index in [1.165, 1.54) is 17.4 Å². The van der Waals surface area contributed by atoms with Crippen LogP contribution in [0.25, 0.3) is 0 Å². The van der Waals surface area contributed by atoms with Crippen LogP contribution < -0.4 is 15.5 Å². The first kappa shape index (κ1) is 16.8. The number of nitrogens with two attached hydrogens (primary N) is 1. The maximum atomic E-state index is 14.6. The first-order valence-electron chi connectivity index (χ1n) is 9.03. The Hall–Kier alpha value is -2.70. The van der Waals surface area contributed by atoms with Crippen LogP contribution >= 0.6 is 0 Å². The van der Waals surface area contributed by atoms with Gasteiger partial charge in [0.2, 0.25) is 5.95 Å². The highest BCUT2D eigenvalue weighted by atomic mass is 19.1. The number of hydrogen-bond donors (Lipinski definition) is 1. The predicted octanol–water partition coefficient (Wildman–Crippen LogP) is 3.79. The van der Waals surface area contributed by atoms with Crippen molar-refractivity contribution >= 4 is 23.5 Å². The Morgan fingerprint density at radius 1 is 1.23 bits per heavy atom. The number of anilines is 3. The van der Waals surface area contributed by atoms with E-state index in [2.05, 4.69) is 9.97 Å². The molecule has 6 nitrogen and oxygen atoms in total. The second-order valence-electron chi connectivity index (χ2n) is 7.01. The van der Waals surface area contributed by atoms with Crippen molar-refractivity contribution in [2.45, 2.75) is 51.6 Å². The van der Waals surface area contributed by atoms with E-state index in [4.69, 9.17) is 5.73 Å². The Morgan fingerprint density at radius 3 is 2.73 bits per heavy atom. The van der Waals surface area contributed by atoms with Gasteiger partial charge in [0.05, 0.1) is 12.2 Å². The number of fused-ring (bicyclic) bond motifs is 1. The summed E-state index contributed by atoms with van der Waals surface area (Å²) in [7, 11) is 0. The van der Waals surface area contributed by atoms with Crippen molar-refractivity contribution < 1.29 is 9.18 Å². The van der Waals surface area contributed by atoms with Crippen LogP contribution in [0.1, 0.15) is 43.2 Å². The first-order valence-corrected chi connectivity index (χ1v) is 9.03. The van der Waals surface area contributed by atoms with Crippen molar-refractivity contribution in [2.75, 3.05) is 15.5 Å². The number of amides is 2. The lowest BCUT2D eigenvalue weighted by Crippen LogP contribution is -2.53. The van der Waals surface area contributed by atoms with Crippen LogP contribution in [0.3, 0.4) is 0 Å². The number of benzene rings is 1. The number of para-hydroxylation sites is 1. The van der Waals surface area contributed by atoms with Crippen LogP contribution in [0, 0.1) is 12.7 Å². The number of nitrogen functional groups attached to an aromatic ring is 1. The van der Waals surface area contributed by atoms with E-state index in [1.54, 1.807) is 17.2 Å². The molecule has 0 unspecified atom stereocenters. The lowest BCUT2D eigenvalue weighted by atomic mass is 9.93. The molecule has 136 valence electrons. The Balaban J connectivity index is 1.82. The van der Waals surface area contributed by atoms with E-state index < -0.39 is 5.82 Å². The number of aromatic nitrogens is 2. The van der Waals surface area contributed by atoms with Crippen molar-refractivity contribution in [1.29, 1.82) is 0 Å². The second-order valence-corrected chi connectivity index (χ2v) is 7.01. The number of hydrogen-bond acceptors (Lipinski definition) is 4. The molecule has 4 rings (SSSR count). The number of carbonyl (C=O) groups is 1. The SMILES string of the molecule is Cc1cccc(F)c1N1Cc2cnc(N)nc2N(C2CCCCC2)C1=O. The summed E-state index contributed by atoms with van der Waals surface area (Å²) in [5, 5.41) is 0. The molecule has 26 heavy (non-hydrogen) atoms. The van der Waals surface area contributed by atoms with Crippen LogP contribution in [0.4, 0.5) is 26.6 Å². The maximum Gasteiger partial charge on any atom is 0.330 e. The molecule has 1 aliphatic heterocycles. The molecule has 1 aliphatic carbocycles. The average molecular weight is 355 g/mol. The summed E-state index contributed by atoms with van der Waals surface area (Å²) in [6.07, 6.45) is 6.79. The minimum absolute atomic E-state index is 0.0548. The van der Waals surface area contributed by atoms with Gasteiger partial charge in [0.1, 0.15) is 11.6 Å². The molecule has 1 saturated carbocycles. The lowest BCUT2D eigenvalue weighted by Gasteiger charge is -2.41. The lowest BCUT2D eigenvalue weighted by molar-refractivity contribution is 0.244. The number of aryl methyl sites for hydroxylation is 1. The Morgan fingerprint density at radius 2 is 2.00 bits per heavy atom. The summed E-state index contributed by atoms with van der Waals surface area (Å²) >= 11 is 0. The molecule has 1 fully saturated rings. The van der Waals surface area contributed by atoms with Crippen LogP contribution in [-0.2, 0) is 6.54 Å². The molecule has 0 radical (unpaired) electrons. The number of nitrogens with zero attached hydrogens (tertiary/aromatic N) is 4. The number of rotatable bonds is 2. The van der Waals surface area contributed by atoms with Gasteiger partial charge in [-0.1, -0.05) is 31.4 Å². The zero-order valence-corrected chi connectivity index (χ0v) is 14.8. The van der Waals surface area contributed by atoms with Crippen molar-refractivity contribution in [2.24, 2.45) is 0 Å². The second kappa shape index (κ2) is 6.55. The van der Waals surface area contributed by atoms with Gasteiger partial charge >= 0.3 is 6.03 Å². The third-order valence-electron chi connectivity index (χ3n) is 5.25. The van der Waals surface area contributed by atoms with Crippen LogP contribution in [0.5, 0.6) is 0 Å². The molecule has 2 amide bonds. The molecule has 1 aromatic carbocycles. The third-order valence-corrected chi connectivity index (χ3v) is 5.25. The summed E-state index contributed by atoms with van der Waals surface area (Å²) in [5.74, 6) is 0.314. The molecule has 2 aliphatic rings. The van der Waals surface area contributed by atoms with Crippen LogP contribution in [-0.4, -0.2) is 22.0 Å². The van der Waals surface area contributed by atoms with Gasteiger partial charge in [0.25, 0.3) is 0 Å². The fourth-order valence-electron chi connectivity index (χ4n) is 4.00. The van der Waals surface area contributed by atoms with E-state index >= 15 is 0 Å². The molecular weight excluding hydrogens is 333 g/mol. The summed E-state index contributed by atoms with van der Waals surface area (Å²) in [6, 6.07) is 4.66. The van der Waals surface area contributed by atoms with Crippen LogP contribution in [0.2, 0.25) is 0 Å². The zero-order chi connectivity index (χ0) is 18.3. The minimum Gasteiger partial charge on any atom is -0.368 e. The Kier molecular flexibility index (Phi) is 4.22. The molecular formula is C19H22FN5O. The summed E-state index contributed by atoms with van der Waals surface area (Å²) in [4.78, 5) is 25.0. The van der Waals surface area contributed by atoms with Gasteiger partial charge in [-0.15, -0.1) is 0 Å². The van der Waals surface area contributed by atoms with E-state index in [1.807, 2.05) is 13.0 Å². The van der Waals surface area contributed by atoms with E-state index in [0.717, 1.165) is 36.8 Å². The molecule has 0 bridgehead atoms. The number of halogens is 1. The molecule has 1 aromatic heterocycles. The first-order chi connectivity index (χ1) is 12.6. The quantitative estimate of drug-likeness (QED) is 0.889. The van der Waals surface area contributed by atoms with Gasteiger partial charge in [-0.3, -0.25) is 9.80 Å². The normalized spacial score (nSPS) is 18.2. The van der Waals surface area contributed by atoms with Crippen LogP contribution in [0.15, 0.2) is 24.4 Å². The molecule has 0 saturated heterocycles. The smallest absolute Gasteiger partial charge is 0.330 e. The molecule has 2 N–H and O–H groups in total. The van der Waals surface area contributed by atoms with Crippen molar-refractivity contribution in [3.8, 4) is 0 Å². The molecule has 7 heteroatoms. The molecule has 2 aromatic rings. The van der Waals surface area contributed by atoms with E-state index in [0.29, 0.717) is 11.5 Å². The molecule has 0 spiro atoms. The number of urea groups is 1. The largest absolute Gasteiger partial charge is 0.368 e. The van der Waals surface area contributed by atoms with Crippen molar-refractivity contribution in [1.82, 2.24) is 9.97 Å². The third kappa shape index (κ3) is 2.77. The fourth-order valence-corrected chi connectivity index (χ4v) is 4.00.